The van der Waals surface area contributed by atoms with E-state index in [9.17, 15) is 4.79 Å². The highest BCUT2D eigenvalue weighted by Crippen LogP contribution is 2.11. The fourth-order valence-electron chi connectivity index (χ4n) is 1.66. The first-order chi connectivity index (χ1) is 8.16. The Morgan fingerprint density at radius 1 is 1.41 bits per heavy atom. The average molecular weight is 231 g/mol. The van der Waals surface area contributed by atoms with Crippen LogP contribution in [0, 0.1) is 5.92 Å². The quantitative estimate of drug-likeness (QED) is 0.872. The van der Waals surface area contributed by atoms with Crippen molar-refractivity contribution in [3.05, 3.63) is 30.6 Å². The van der Waals surface area contributed by atoms with Crippen molar-refractivity contribution in [1.82, 2.24) is 14.9 Å². The van der Waals surface area contributed by atoms with Gasteiger partial charge in [0.05, 0.1) is 17.4 Å². The Balaban J connectivity index is 2.06. The summed E-state index contributed by atoms with van der Waals surface area (Å²) >= 11 is 0. The van der Waals surface area contributed by atoms with E-state index in [1.807, 2.05) is 28.8 Å². The van der Waals surface area contributed by atoms with Gasteiger partial charge in [-0.05, 0) is 18.1 Å². The van der Waals surface area contributed by atoms with Gasteiger partial charge < -0.3 is 9.88 Å². The van der Waals surface area contributed by atoms with Gasteiger partial charge in [0, 0.05) is 6.54 Å². The van der Waals surface area contributed by atoms with Crippen molar-refractivity contribution in [3.8, 4) is 0 Å². The van der Waals surface area contributed by atoms with Crippen molar-refractivity contribution in [2.45, 2.75) is 20.4 Å². The molecule has 0 aliphatic heterocycles. The average Bonchev–Trinajstić information content (AvgIpc) is 2.70. The maximum Gasteiger partial charge on any atom is 0.240 e. The van der Waals surface area contributed by atoms with Crippen LogP contribution in [0.15, 0.2) is 30.6 Å². The van der Waals surface area contributed by atoms with Crippen LogP contribution in [0.4, 0.5) is 0 Å². The molecular weight excluding hydrogens is 214 g/mol. The summed E-state index contributed by atoms with van der Waals surface area (Å²) in [5.41, 5.74) is 1.91. The van der Waals surface area contributed by atoms with Crippen LogP contribution in [0.25, 0.3) is 11.0 Å². The van der Waals surface area contributed by atoms with Crippen LogP contribution in [0.2, 0.25) is 0 Å². The number of carbonyl (C=O) groups excluding carboxylic acids is 1. The van der Waals surface area contributed by atoms with Crippen molar-refractivity contribution in [1.29, 1.82) is 0 Å². The first-order valence-electron chi connectivity index (χ1n) is 5.83. The molecule has 4 heteroatoms. The van der Waals surface area contributed by atoms with Crippen LogP contribution in [0.3, 0.4) is 0 Å². The minimum atomic E-state index is 0.0295. The van der Waals surface area contributed by atoms with E-state index in [1.165, 1.54) is 0 Å². The van der Waals surface area contributed by atoms with E-state index in [0.717, 1.165) is 11.0 Å². The molecule has 17 heavy (non-hydrogen) atoms. The molecule has 2 rings (SSSR count). The van der Waals surface area contributed by atoms with Gasteiger partial charge >= 0.3 is 0 Å². The molecule has 0 radical (unpaired) electrons. The van der Waals surface area contributed by atoms with Gasteiger partial charge in [0.25, 0.3) is 0 Å². The number of hydrogen-bond acceptors (Lipinski definition) is 2. The van der Waals surface area contributed by atoms with E-state index < -0.39 is 0 Å². The van der Waals surface area contributed by atoms with E-state index in [-0.39, 0.29) is 5.91 Å². The van der Waals surface area contributed by atoms with Gasteiger partial charge in [-0.15, -0.1) is 0 Å². The van der Waals surface area contributed by atoms with Gasteiger partial charge in [-0.3, -0.25) is 4.79 Å². The van der Waals surface area contributed by atoms with Crippen molar-refractivity contribution in [3.63, 3.8) is 0 Å². The summed E-state index contributed by atoms with van der Waals surface area (Å²) in [5.74, 6) is 0.500. The lowest BCUT2D eigenvalue weighted by Crippen LogP contribution is -2.30. The lowest BCUT2D eigenvalue weighted by molar-refractivity contribution is -0.121. The van der Waals surface area contributed by atoms with Crippen LogP contribution < -0.4 is 5.32 Å². The summed E-state index contributed by atoms with van der Waals surface area (Å²) in [6.07, 6.45) is 1.71. The molecule has 0 fully saturated rings. The number of carbonyl (C=O) groups is 1. The number of benzene rings is 1. The normalized spacial score (nSPS) is 11.0. The van der Waals surface area contributed by atoms with E-state index in [2.05, 4.69) is 24.1 Å². The van der Waals surface area contributed by atoms with E-state index in [1.54, 1.807) is 6.33 Å². The predicted octanol–water partition coefficient (Wildman–Crippen LogP) is 1.81. The molecule has 90 valence electrons. The zero-order valence-electron chi connectivity index (χ0n) is 10.2. The molecule has 2 aromatic rings. The monoisotopic (exact) mass is 231 g/mol. The summed E-state index contributed by atoms with van der Waals surface area (Å²) in [7, 11) is 0. The second-order valence-corrected chi connectivity index (χ2v) is 4.56. The molecule has 0 saturated carbocycles. The first-order valence-corrected chi connectivity index (χ1v) is 5.83. The topological polar surface area (TPSA) is 46.9 Å². The van der Waals surface area contributed by atoms with Gasteiger partial charge in [0.15, 0.2) is 0 Å². The molecule has 0 aliphatic carbocycles. The molecule has 0 bridgehead atoms. The highest BCUT2D eigenvalue weighted by Gasteiger charge is 2.06. The Morgan fingerprint density at radius 3 is 2.94 bits per heavy atom. The number of aromatic nitrogens is 2. The minimum absolute atomic E-state index is 0.0295. The number of nitrogens with one attached hydrogen (secondary N) is 1. The molecule has 4 nitrogen and oxygen atoms in total. The molecule has 1 amide bonds. The summed E-state index contributed by atoms with van der Waals surface area (Å²) < 4.78 is 1.87. The third-order valence-electron chi connectivity index (χ3n) is 2.55. The third-order valence-corrected chi connectivity index (χ3v) is 2.55. The number of fused-ring (bicyclic) bond motifs is 1. The number of rotatable bonds is 4. The Kier molecular flexibility index (Phi) is 3.42. The first kappa shape index (κ1) is 11.6. The van der Waals surface area contributed by atoms with Gasteiger partial charge in [0.1, 0.15) is 6.54 Å². The van der Waals surface area contributed by atoms with Crippen molar-refractivity contribution in [2.75, 3.05) is 6.54 Å². The van der Waals surface area contributed by atoms with E-state index >= 15 is 0 Å². The molecule has 0 saturated heterocycles. The molecule has 1 aromatic carbocycles. The maximum absolute atomic E-state index is 11.7. The van der Waals surface area contributed by atoms with Crippen LogP contribution in [0.5, 0.6) is 0 Å². The predicted molar refractivity (Wildman–Crippen MR) is 67.6 cm³/mol. The third kappa shape index (κ3) is 2.84. The Hall–Kier alpha value is -1.84. The lowest BCUT2D eigenvalue weighted by Gasteiger charge is -2.08. The smallest absolute Gasteiger partial charge is 0.240 e. The van der Waals surface area contributed by atoms with Crippen molar-refractivity contribution >= 4 is 16.9 Å². The molecule has 0 unspecified atom stereocenters. The maximum atomic E-state index is 11.7. The number of amides is 1. The van der Waals surface area contributed by atoms with Gasteiger partial charge in [-0.2, -0.15) is 0 Å². The Labute approximate surface area is 101 Å². The van der Waals surface area contributed by atoms with Gasteiger partial charge in [0.2, 0.25) is 5.91 Å². The van der Waals surface area contributed by atoms with Crippen molar-refractivity contribution < 1.29 is 4.79 Å². The molecule has 0 spiro atoms. The highest BCUT2D eigenvalue weighted by molar-refractivity contribution is 5.80. The van der Waals surface area contributed by atoms with Crippen LogP contribution in [0.1, 0.15) is 13.8 Å². The van der Waals surface area contributed by atoms with E-state index in [4.69, 9.17) is 0 Å². The van der Waals surface area contributed by atoms with E-state index in [0.29, 0.717) is 19.0 Å². The summed E-state index contributed by atoms with van der Waals surface area (Å²) in [4.78, 5) is 15.9. The molecule has 0 aliphatic rings. The molecule has 1 aromatic heterocycles. The standard InChI is InChI=1S/C13H17N3O/c1-10(2)7-14-13(17)8-16-9-15-11-5-3-4-6-12(11)16/h3-6,9-10H,7-8H2,1-2H3,(H,14,17). The van der Waals surface area contributed by atoms with Crippen LogP contribution >= 0.6 is 0 Å². The van der Waals surface area contributed by atoms with Gasteiger partial charge in [-0.25, -0.2) is 4.98 Å². The molecule has 0 atom stereocenters. The zero-order valence-corrected chi connectivity index (χ0v) is 10.2. The zero-order chi connectivity index (χ0) is 12.3. The fraction of sp³-hybridized carbons (Fsp3) is 0.385. The second-order valence-electron chi connectivity index (χ2n) is 4.56. The number of imidazole rings is 1. The highest BCUT2D eigenvalue weighted by atomic mass is 16.1. The largest absolute Gasteiger partial charge is 0.354 e. The second kappa shape index (κ2) is 4.99. The molecule has 1 heterocycles. The van der Waals surface area contributed by atoms with Crippen molar-refractivity contribution in [2.24, 2.45) is 5.92 Å². The van der Waals surface area contributed by atoms with Crippen LogP contribution in [-0.4, -0.2) is 22.0 Å². The SMILES string of the molecule is CC(C)CNC(=O)Cn1cnc2ccccc21. The number of nitrogens with zero attached hydrogens (tertiary/aromatic N) is 2. The van der Waals surface area contributed by atoms with Crippen LogP contribution in [-0.2, 0) is 11.3 Å². The summed E-state index contributed by atoms with van der Waals surface area (Å²) in [6, 6.07) is 7.81. The number of para-hydroxylation sites is 2. The fourth-order valence-corrected chi connectivity index (χ4v) is 1.66. The summed E-state index contributed by atoms with van der Waals surface area (Å²) in [5, 5.41) is 2.90. The Morgan fingerprint density at radius 2 is 2.18 bits per heavy atom. The lowest BCUT2D eigenvalue weighted by atomic mass is 10.2. The Bertz CT molecular complexity index is 516. The minimum Gasteiger partial charge on any atom is -0.354 e. The molecular formula is C13H17N3O. The van der Waals surface area contributed by atoms with Gasteiger partial charge in [-0.1, -0.05) is 26.0 Å². The summed E-state index contributed by atoms with van der Waals surface area (Å²) in [6.45, 7) is 5.19. The number of hydrogen-bond donors (Lipinski definition) is 1. The molecule has 1 N–H and O–H groups in total.